The lowest BCUT2D eigenvalue weighted by Crippen LogP contribution is -2.13. The second kappa shape index (κ2) is 5.99. The molecule has 0 atom stereocenters. The van der Waals surface area contributed by atoms with Crippen molar-refractivity contribution in [1.82, 2.24) is 4.98 Å². The molecule has 0 unspecified atom stereocenters. The lowest BCUT2D eigenvalue weighted by Gasteiger charge is -2.00. The molecule has 3 aromatic rings. The van der Waals surface area contributed by atoms with Crippen LogP contribution in [0.3, 0.4) is 0 Å². The van der Waals surface area contributed by atoms with Gasteiger partial charge in [0.2, 0.25) is 10.0 Å². The highest BCUT2D eigenvalue weighted by atomic mass is 32.2. The van der Waals surface area contributed by atoms with Crippen LogP contribution < -0.4 is 10.9 Å². The second-order valence-corrected chi connectivity index (χ2v) is 6.16. The molecule has 2 aromatic carbocycles. The summed E-state index contributed by atoms with van der Waals surface area (Å²) >= 11 is 0. The molecule has 1 aromatic heterocycles. The summed E-state index contributed by atoms with van der Waals surface area (Å²) in [5, 5.41) is 6.13. The number of anilines is 1. The van der Waals surface area contributed by atoms with E-state index < -0.39 is 10.0 Å². The third kappa shape index (κ3) is 3.84. The second-order valence-electron chi connectivity index (χ2n) is 4.63. The maximum Gasteiger partial charge on any atom is 0.238 e. The van der Waals surface area contributed by atoms with Gasteiger partial charge in [-0.25, -0.2) is 13.6 Å². The summed E-state index contributed by atoms with van der Waals surface area (Å²) in [5.74, 6) is 0. The van der Waals surface area contributed by atoms with Gasteiger partial charge >= 0.3 is 0 Å². The minimum atomic E-state index is -3.53. The van der Waals surface area contributed by atoms with Gasteiger partial charge in [0.25, 0.3) is 0 Å². The predicted octanol–water partition coefficient (Wildman–Crippen LogP) is 2.39. The van der Waals surface area contributed by atoms with E-state index in [-0.39, 0.29) is 4.90 Å². The van der Waals surface area contributed by atoms with Gasteiger partial charge in [0, 0.05) is 17.4 Å². The molecule has 21 heavy (non-hydrogen) atoms. The van der Waals surface area contributed by atoms with Crippen LogP contribution >= 0.6 is 0 Å². The average Bonchev–Trinajstić information content (AvgIpc) is 2.86. The zero-order valence-corrected chi connectivity index (χ0v) is 12.4. The molecule has 0 fully saturated rings. The zero-order chi connectivity index (χ0) is 15.5. The number of primary sulfonamides is 1. The van der Waals surface area contributed by atoms with Crippen LogP contribution in [0.15, 0.2) is 59.6 Å². The SMILES string of the molecule is Cc1ccccc1S(N)(=O)=O.Nc1ccc2cc[nH]c2c1. The number of nitrogens with one attached hydrogen (secondary N) is 1. The molecule has 0 bridgehead atoms. The van der Waals surface area contributed by atoms with Gasteiger partial charge in [0.1, 0.15) is 0 Å². The number of aryl methyl sites for hydroxylation is 1. The first kappa shape index (κ1) is 15.1. The smallest absolute Gasteiger partial charge is 0.238 e. The van der Waals surface area contributed by atoms with Crippen LogP contribution in [0.25, 0.3) is 10.9 Å². The molecule has 6 heteroatoms. The number of hydrogen-bond acceptors (Lipinski definition) is 3. The number of nitrogens with two attached hydrogens (primary N) is 2. The maximum absolute atomic E-state index is 10.8. The van der Waals surface area contributed by atoms with Crippen molar-refractivity contribution in [2.45, 2.75) is 11.8 Å². The minimum absolute atomic E-state index is 0.194. The van der Waals surface area contributed by atoms with Crippen LogP contribution in [0.2, 0.25) is 0 Å². The van der Waals surface area contributed by atoms with Gasteiger partial charge in [-0.05, 0) is 42.1 Å². The van der Waals surface area contributed by atoms with Crippen LogP contribution in [-0.2, 0) is 10.0 Å². The fraction of sp³-hybridized carbons (Fsp3) is 0.0667. The fourth-order valence-electron chi connectivity index (χ4n) is 1.94. The van der Waals surface area contributed by atoms with Crippen molar-refractivity contribution >= 4 is 26.6 Å². The molecule has 0 saturated heterocycles. The molecule has 0 aliphatic carbocycles. The summed E-state index contributed by atoms with van der Waals surface area (Å²) in [6.45, 7) is 1.71. The van der Waals surface area contributed by atoms with E-state index in [4.69, 9.17) is 10.9 Å². The van der Waals surface area contributed by atoms with Gasteiger partial charge in [-0.1, -0.05) is 24.3 Å². The van der Waals surface area contributed by atoms with Crippen molar-refractivity contribution in [2.24, 2.45) is 5.14 Å². The van der Waals surface area contributed by atoms with Gasteiger partial charge in [-0.2, -0.15) is 0 Å². The first-order valence-electron chi connectivity index (χ1n) is 6.29. The number of aromatic nitrogens is 1. The molecule has 0 aliphatic rings. The molecule has 0 saturated carbocycles. The topological polar surface area (TPSA) is 102 Å². The molecule has 5 N–H and O–H groups in total. The summed E-state index contributed by atoms with van der Waals surface area (Å²) in [4.78, 5) is 3.27. The molecule has 5 nitrogen and oxygen atoms in total. The summed E-state index contributed by atoms with van der Waals surface area (Å²) in [7, 11) is -3.53. The molecular weight excluding hydrogens is 286 g/mol. The van der Waals surface area contributed by atoms with Gasteiger partial charge < -0.3 is 10.7 Å². The van der Waals surface area contributed by atoms with E-state index in [1.165, 1.54) is 11.5 Å². The highest BCUT2D eigenvalue weighted by molar-refractivity contribution is 7.89. The molecule has 0 spiro atoms. The molecule has 0 radical (unpaired) electrons. The van der Waals surface area contributed by atoms with E-state index in [9.17, 15) is 8.42 Å². The van der Waals surface area contributed by atoms with Crippen LogP contribution in [-0.4, -0.2) is 13.4 Å². The van der Waals surface area contributed by atoms with Crippen molar-refractivity contribution in [2.75, 3.05) is 5.73 Å². The van der Waals surface area contributed by atoms with Gasteiger partial charge in [-0.3, -0.25) is 0 Å². The summed E-state index contributed by atoms with van der Waals surface area (Å²) in [6, 6.07) is 14.5. The largest absolute Gasteiger partial charge is 0.399 e. The average molecular weight is 303 g/mol. The van der Waals surface area contributed by atoms with Crippen LogP contribution in [0.5, 0.6) is 0 Å². The molecule has 1 heterocycles. The van der Waals surface area contributed by atoms with E-state index in [2.05, 4.69) is 4.98 Å². The number of benzene rings is 2. The van der Waals surface area contributed by atoms with Crippen molar-refractivity contribution in [3.8, 4) is 0 Å². The van der Waals surface area contributed by atoms with E-state index in [0.29, 0.717) is 5.56 Å². The Hall–Kier alpha value is -2.31. The number of rotatable bonds is 1. The summed E-state index contributed by atoms with van der Waals surface area (Å²) in [5.41, 5.74) is 8.14. The van der Waals surface area contributed by atoms with Crippen LogP contribution in [0, 0.1) is 6.92 Å². The highest BCUT2D eigenvalue weighted by Gasteiger charge is 2.08. The summed E-state index contributed by atoms with van der Waals surface area (Å²) < 4.78 is 21.7. The number of fused-ring (bicyclic) bond motifs is 1. The van der Waals surface area contributed by atoms with Gasteiger partial charge in [0.15, 0.2) is 0 Å². The molecule has 3 rings (SSSR count). The van der Waals surface area contributed by atoms with Crippen molar-refractivity contribution in [3.63, 3.8) is 0 Å². The fourth-order valence-corrected chi connectivity index (χ4v) is 2.73. The predicted molar refractivity (Wildman–Crippen MR) is 85.3 cm³/mol. The van der Waals surface area contributed by atoms with Gasteiger partial charge in [0.05, 0.1) is 4.90 Å². The monoisotopic (exact) mass is 303 g/mol. The molecule has 0 aliphatic heterocycles. The Morgan fingerprint density at radius 1 is 1.05 bits per heavy atom. The number of H-pyrrole nitrogens is 1. The van der Waals surface area contributed by atoms with Crippen LogP contribution in [0.4, 0.5) is 5.69 Å². The number of aromatic amines is 1. The number of sulfonamides is 1. The van der Waals surface area contributed by atoms with E-state index in [0.717, 1.165) is 11.2 Å². The first-order valence-corrected chi connectivity index (χ1v) is 7.83. The Kier molecular flexibility index (Phi) is 4.30. The van der Waals surface area contributed by atoms with Crippen molar-refractivity contribution in [3.05, 3.63) is 60.3 Å². The van der Waals surface area contributed by atoms with E-state index in [1.54, 1.807) is 25.1 Å². The molecule has 0 amide bonds. The van der Waals surface area contributed by atoms with E-state index >= 15 is 0 Å². The molecular formula is C15H17N3O2S. The Morgan fingerprint density at radius 2 is 1.76 bits per heavy atom. The Bertz CT molecular complexity index is 854. The summed E-state index contributed by atoms with van der Waals surface area (Å²) in [6.07, 6.45) is 1.91. The highest BCUT2D eigenvalue weighted by Crippen LogP contribution is 2.14. The standard InChI is InChI=1S/C8H8N2.C7H9NO2S/c9-7-2-1-6-3-4-10-8(6)5-7;1-6-4-2-3-5-7(6)11(8,9)10/h1-5,10H,9H2;2-5H,1H3,(H2,8,9,10). The Morgan fingerprint density at radius 3 is 2.38 bits per heavy atom. The molecule has 110 valence electrons. The van der Waals surface area contributed by atoms with Crippen molar-refractivity contribution in [1.29, 1.82) is 0 Å². The Balaban J connectivity index is 0.000000154. The maximum atomic E-state index is 10.8. The number of hydrogen-bond donors (Lipinski definition) is 3. The van der Waals surface area contributed by atoms with Crippen molar-refractivity contribution < 1.29 is 8.42 Å². The minimum Gasteiger partial charge on any atom is -0.399 e. The Labute approximate surface area is 123 Å². The lowest BCUT2D eigenvalue weighted by atomic mass is 10.2. The third-order valence-corrected chi connectivity index (χ3v) is 4.05. The zero-order valence-electron chi connectivity index (χ0n) is 11.6. The van der Waals surface area contributed by atoms with Crippen LogP contribution in [0.1, 0.15) is 5.56 Å². The quantitative estimate of drug-likeness (QED) is 0.601. The normalized spacial score (nSPS) is 11.0. The first-order chi connectivity index (χ1) is 9.88. The number of nitrogen functional groups attached to an aromatic ring is 1. The third-order valence-electron chi connectivity index (χ3n) is 2.98. The van der Waals surface area contributed by atoms with E-state index in [1.807, 2.05) is 30.5 Å². The van der Waals surface area contributed by atoms with Gasteiger partial charge in [-0.15, -0.1) is 0 Å². The lowest BCUT2D eigenvalue weighted by molar-refractivity contribution is 0.597.